The molecule has 19 heavy (non-hydrogen) atoms. The lowest BCUT2D eigenvalue weighted by atomic mass is 10.1. The van der Waals surface area contributed by atoms with E-state index in [1.165, 1.54) is 0 Å². The van der Waals surface area contributed by atoms with Crippen LogP contribution < -0.4 is 16.4 Å². The van der Waals surface area contributed by atoms with E-state index in [1.807, 2.05) is 0 Å². The van der Waals surface area contributed by atoms with E-state index in [2.05, 4.69) is 10.6 Å². The van der Waals surface area contributed by atoms with E-state index >= 15 is 0 Å². The van der Waals surface area contributed by atoms with Gasteiger partial charge in [0.05, 0.1) is 13.2 Å². The van der Waals surface area contributed by atoms with E-state index in [0.717, 1.165) is 0 Å². The maximum atomic E-state index is 11.6. The lowest BCUT2D eigenvalue weighted by Gasteiger charge is -2.10. The van der Waals surface area contributed by atoms with Gasteiger partial charge in [0.15, 0.2) is 5.78 Å². The van der Waals surface area contributed by atoms with Crippen LogP contribution in [0.25, 0.3) is 0 Å². The number of ketones is 1. The van der Waals surface area contributed by atoms with Crippen LogP contribution in [0.4, 0.5) is 0 Å². The number of carboxylic acids is 1. The Morgan fingerprint density at radius 1 is 1.58 bits per heavy atom. The van der Waals surface area contributed by atoms with Crippen LogP contribution in [-0.2, 0) is 19.1 Å². The number of aliphatic carboxylic acids is 1. The van der Waals surface area contributed by atoms with Crippen molar-refractivity contribution in [3.63, 3.8) is 0 Å². The molecule has 0 aromatic heterocycles. The molecule has 1 heterocycles. The van der Waals surface area contributed by atoms with Crippen molar-refractivity contribution < 1.29 is 24.2 Å². The van der Waals surface area contributed by atoms with Crippen molar-refractivity contribution in [1.29, 1.82) is 0 Å². The Kier molecular flexibility index (Phi) is 6.40. The molecule has 0 radical (unpaired) electrons. The summed E-state index contributed by atoms with van der Waals surface area (Å²) in [5, 5.41) is 14.0. The highest BCUT2D eigenvalue weighted by atomic mass is 16.5. The van der Waals surface area contributed by atoms with Gasteiger partial charge in [-0.1, -0.05) is 0 Å². The highest BCUT2D eigenvalue weighted by Crippen LogP contribution is 2.03. The molecule has 1 fully saturated rings. The third-order valence-electron chi connectivity index (χ3n) is 2.73. The molecule has 8 nitrogen and oxygen atoms in total. The number of carbonyl (C=O) groups is 3. The number of hydrogen-bond donors (Lipinski definition) is 4. The number of nitrogens with two attached hydrogens (primary N) is 1. The SMILES string of the molecule is N[C@@H](COCCCNC(=O)[C@H]1CNCC1=O)C(=O)O. The number of ether oxygens (including phenoxy) is 1. The van der Waals surface area contributed by atoms with Gasteiger partial charge >= 0.3 is 5.97 Å². The normalized spacial score (nSPS) is 20.3. The van der Waals surface area contributed by atoms with E-state index in [9.17, 15) is 14.4 Å². The summed E-state index contributed by atoms with van der Waals surface area (Å²) in [6.45, 7) is 1.25. The second kappa shape index (κ2) is 7.82. The van der Waals surface area contributed by atoms with Crippen molar-refractivity contribution in [3.05, 3.63) is 0 Å². The summed E-state index contributed by atoms with van der Waals surface area (Å²) in [6, 6.07) is -1.03. The summed E-state index contributed by atoms with van der Waals surface area (Å²) >= 11 is 0. The predicted octanol–water partition coefficient (Wildman–Crippen LogP) is -2.29. The van der Waals surface area contributed by atoms with Gasteiger partial charge in [-0.2, -0.15) is 0 Å². The molecule has 1 saturated heterocycles. The van der Waals surface area contributed by atoms with Gasteiger partial charge < -0.3 is 26.2 Å². The molecule has 1 aliphatic rings. The first-order valence-corrected chi connectivity index (χ1v) is 6.09. The standard InChI is InChI=1S/C11H19N3O5/c12-8(11(17)18)6-19-3-1-2-14-10(16)7-4-13-5-9(7)15/h7-8,13H,1-6,12H2,(H,14,16)(H,17,18)/t7-,8-/m0/s1. The Bertz CT molecular complexity index is 347. The molecule has 0 aromatic carbocycles. The van der Waals surface area contributed by atoms with Crippen molar-refractivity contribution in [2.45, 2.75) is 12.5 Å². The summed E-state index contributed by atoms with van der Waals surface area (Å²) in [5.74, 6) is -2.08. The molecule has 0 bridgehead atoms. The van der Waals surface area contributed by atoms with Crippen LogP contribution in [0.5, 0.6) is 0 Å². The van der Waals surface area contributed by atoms with Crippen LogP contribution in [0.15, 0.2) is 0 Å². The topological polar surface area (TPSA) is 131 Å². The summed E-state index contributed by atoms with van der Waals surface area (Å²) in [6.07, 6.45) is 0.534. The number of carboxylic acid groups (broad SMARTS) is 1. The molecule has 0 aromatic rings. The maximum absolute atomic E-state index is 11.6. The maximum Gasteiger partial charge on any atom is 0.322 e. The highest BCUT2D eigenvalue weighted by Gasteiger charge is 2.30. The second-order valence-electron chi connectivity index (χ2n) is 4.31. The Labute approximate surface area is 110 Å². The van der Waals surface area contributed by atoms with E-state index < -0.39 is 17.9 Å². The zero-order valence-corrected chi connectivity index (χ0v) is 10.6. The van der Waals surface area contributed by atoms with E-state index in [0.29, 0.717) is 26.1 Å². The Morgan fingerprint density at radius 3 is 2.89 bits per heavy atom. The average Bonchev–Trinajstić information content (AvgIpc) is 2.79. The minimum absolute atomic E-state index is 0.0612. The van der Waals surface area contributed by atoms with Gasteiger partial charge in [0, 0.05) is 19.7 Å². The molecule has 108 valence electrons. The third-order valence-corrected chi connectivity index (χ3v) is 2.73. The monoisotopic (exact) mass is 273 g/mol. The minimum atomic E-state index is -1.11. The molecule has 0 aliphatic carbocycles. The van der Waals surface area contributed by atoms with Gasteiger partial charge in [0.2, 0.25) is 5.91 Å². The fourth-order valence-electron chi connectivity index (χ4n) is 1.61. The smallest absolute Gasteiger partial charge is 0.322 e. The second-order valence-corrected chi connectivity index (χ2v) is 4.31. The van der Waals surface area contributed by atoms with Crippen molar-refractivity contribution in [2.75, 3.05) is 32.8 Å². The average molecular weight is 273 g/mol. The van der Waals surface area contributed by atoms with E-state index in [4.69, 9.17) is 15.6 Å². The van der Waals surface area contributed by atoms with Crippen LogP contribution in [0, 0.1) is 5.92 Å². The molecule has 5 N–H and O–H groups in total. The fraction of sp³-hybridized carbons (Fsp3) is 0.727. The first-order chi connectivity index (χ1) is 9.02. The molecule has 8 heteroatoms. The van der Waals surface area contributed by atoms with Crippen LogP contribution in [0.3, 0.4) is 0 Å². The van der Waals surface area contributed by atoms with Crippen LogP contribution >= 0.6 is 0 Å². The fourth-order valence-corrected chi connectivity index (χ4v) is 1.61. The van der Waals surface area contributed by atoms with Gasteiger partial charge in [-0.05, 0) is 6.42 Å². The molecule has 1 rings (SSSR count). The number of carbonyl (C=O) groups excluding carboxylic acids is 2. The number of hydrogen-bond acceptors (Lipinski definition) is 6. The minimum Gasteiger partial charge on any atom is -0.480 e. The number of amides is 1. The zero-order valence-electron chi connectivity index (χ0n) is 10.6. The van der Waals surface area contributed by atoms with Crippen molar-refractivity contribution in [3.8, 4) is 0 Å². The lowest BCUT2D eigenvalue weighted by molar-refractivity contribution is -0.140. The molecule has 1 amide bonds. The van der Waals surface area contributed by atoms with Crippen molar-refractivity contribution >= 4 is 17.7 Å². The quantitative estimate of drug-likeness (QED) is 0.289. The number of rotatable bonds is 8. The van der Waals surface area contributed by atoms with Crippen LogP contribution in [0.1, 0.15) is 6.42 Å². The van der Waals surface area contributed by atoms with Gasteiger partial charge in [-0.15, -0.1) is 0 Å². The third kappa shape index (κ3) is 5.33. The van der Waals surface area contributed by atoms with Gasteiger partial charge in [-0.25, -0.2) is 0 Å². The molecule has 0 spiro atoms. The molecular formula is C11H19N3O5. The van der Waals surface area contributed by atoms with Crippen LogP contribution in [0.2, 0.25) is 0 Å². The molecule has 0 saturated carbocycles. The first-order valence-electron chi connectivity index (χ1n) is 6.09. The Hall–Kier alpha value is -1.51. The molecule has 1 aliphatic heterocycles. The first kappa shape index (κ1) is 15.5. The van der Waals surface area contributed by atoms with E-state index in [1.54, 1.807) is 0 Å². The van der Waals surface area contributed by atoms with E-state index in [-0.39, 0.29) is 24.8 Å². The predicted molar refractivity (Wildman–Crippen MR) is 65.4 cm³/mol. The Morgan fingerprint density at radius 2 is 2.32 bits per heavy atom. The number of Topliss-reactive ketones (excluding diaryl/α,β-unsaturated/α-hetero) is 1. The largest absolute Gasteiger partial charge is 0.480 e. The number of nitrogens with one attached hydrogen (secondary N) is 2. The highest BCUT2D eigenvalue weighted by molar-refractivity contribution is 6.03. The molecular weight excluding hydrogens is 254 g/mol. The van der Waals surface area contributed by atoms with Gasteiger partial charge in [-0.3, -0.25) is 14.4 Å². The van der Waals surface area contributed by atoms with Crippen LogP contribution in [-0.4, -0.2) is 61.7 Å². The Balaban J connectivity index is 2.03. The van der Waals surface area contributed by atoms with Gasteiger partial charge in [0.25, 0.3) is 0 Å². The summed E-state index contributed by atoms with van der Waals surface area (Å²) < 4.78 is 5.05. The van der Waals surface area contributed by atoms with Crippen molar-refractivity contribution in [2.24, 2.45) is 11.7 Å². The zero-order chi connectivity index (χ0) is 14.3. The molecule has 0 unspecified atom stereocenters. The summed E-state index contributed by atoms with van der Waals surface area (Å²) in [4.78, 5) is 33.2. The summed E-state index contributed by atoms with van der Waals surface area (Å²) in [7, 11) is 0. The summed E-state index contributed by atoms with van der Waals surface area (Å²) in [5.41, 5.74) is 5.24. The van der Waals surface area contributed by atoms with Gasteiger partial charge in [0.1, 0.15) is 12.0 Å². The van der Waals surface area contributed by atoms with Crippen molar-refractivity contribution in [1.82, 2.24) is 10.6 Å². The lowest BCUT2D eigenvalue weighted by Crippen LogP contribution is -2.36. The molecule has 2 atom stereocenters.